The summed E-state index contributed by atoms with van der Waals surface area (Å²) >= 11 is 0. The minimum Gasteiger partial charge on any atom is -0.398 e. The SMILES string of the molecule is Cc1cc(NC(C)C)c(-c2ccc(N)c(C=N)c2)cc1CCC=O. The molecule has 0 spiro atoms. The van der Waals surface area contributed by atoms with Gasteiger partial charge < -0.3 is 21.3 Å². The molecule has 0 aromatic heterocycles. The van der Waals surface area contributed by atoms with Crippen molar-refractivity contribution in [3.8, 4) is 11.1 Å². The first-order valence-electron chi connectivity index (χ1n) is 8.20. The topological polar surface area (TPSA) is 79.0 Å². The molecular formula is C20H25N3O. The molecule has 24 heavy (non-hydrogen) atoms. The number of nitrogen functional groups attached to an aromatic ring is 1. The van der Waals surface area contributed by atoms with Crippen LogP contribution in [0.5, 0.6) is 0 Å². The predicted octanol–water partition coefficient (Wildman–Crippen LogP) is 4.19. The lowest BCUT2D eigenvalue weighted by Gasteiger charge is -2.19. The molecule has 126 valence electrons. The summed E-state index contributed by atoms with van der Waals surface area (Å²) in [4.78, 5) is 10.7. The van der Waals surface area contributed by atoms with E-state index in [0.717, 1.165) is 29.5 Å². The van der Waals surface area contributed by atoms with E-state index in [2.05, 4.69) is 38.2 Å². The van der Waals surface area contributed by atoms with Crippen LogP contribution in [0.4, 0.5) is 11.4 Å². The van der Waals surface area contributed by atoms with Crippen LogP contribution >= 0.6 is 0 Å². The van der Waals surface area contributed by atoms with Crippen molar-refractivity contribution < 1.29 is 4.79 Å². The van der Waals surface area contributed by atoms with E-state index >= 15 is 0 Å². The third-order valence-electron chi connectivity index (χ3n) is 4.01. The second-order valence-corrected chi connectivity index (χ2v) is 6.32. The fraction of sp³-hybridized carbons (Fsp3) is 0.300. The quantitative estimate of drug-likeness (QED) is 0.406. The molecule has 2 rings (SSSR count). The molecule has 4 heteroatoms. The number of carbonyl (C=O) groups is 1. The first-order chi connectivity index (χ1) is 11.5. The Balaban J connectivity index is 2.59. The fourth-order valence-electron chi connectivity index (χ4n) is 2.77. The third kappa shape index (κ3) is 4.02. The largest absolute Gasteiger partial charge is 0.398 e. The van der Waals surface area contributed by atoms with Gasteiger partial charge in [0.15, 0.2) is 0 Å². The number of aldehydes is 1. The fourth-order valence-corrected chi connectivity index (χ4v) is 2.77. The Hall–Kier alpha value is -2.62. The van der Waals surface area contributed by atoms with Crippen LogP contribution < -0.4 is 11.1 Å². The van der Waals surface area contributed by atoms with E-state index in [9.17, 15) is 4.79 Å². The molecule has 0 amide bonds. The number of rotatable bonds is 7. The molecule has 0 radical (unpaired) electrons. The molecule has 0 atom stereocenters. The zero-order chi connectivity index (χ0) is 17.7. The van der Waals surface area contributed by atoms with Crippen LogP contribution in [-0.2, 0) is 11.2 Å². The Labute approximate surface area is 143 Å². The van der Waals surface area contributed by atoms with Crippen molar-refractivity contribution >= 4 is 23.9 Å². The minimum absolute atomic E-state index is 0.306. The monoisotopic (exact) mass is 323 g/mol. The van der Waals surface area contributed by atoms with Crippen LogP contribution in [0.15, 0.2) is 30.3 Å². The van der Waals surface area contributed by atoms with E-state index in [1.54, 1.807) is 0 Å². The molecular weight excluding hydrogens is 298 g/mol. The lowest BCUT2D eigenvalue weighted by Crippen LogP contribution is -2.11. The first-order valence-corrected chi connectivity index (χ1v) is 8.20. The molecule has 0 bridgehead atoms. The van der Waals surface area contributed by atoms with Crippen molar-refractivity contribution in [3.05, 3.63) is 47.0 Å². The van der Waals surface area contributed by atoms with Gasteiger partial charge in [0.05, 0.1) is 0 Å². The van der Waals surface area contributed by atoms with Crippen LogP contribution in [0, 0.1) is 12.3 Å². The highest BCUT2D eigenvalue weighted by molar-refractivity contribution is 5.89. The van der Waals surface area contributed by atoms with E-state index in [4.69, 9.17) is 11.1 Å². The number of nitrogens with two attached hydrogens (primary N) is 1. The van der Waals surface area contributed by atoms with E-state index in [-0.39, 0.29) is 0 Å². The van der Waals surface area contributed by atoms with Crippen LogP contribution in [0.1, 0.15) is 37.0 Å². The van der Waals surface area contributed by atoms with E-state index < -0.39 is 0 Å². The molecule has 2 aromatic carbocycles. The highest BCUT2D eigenvalue weighted by Crippen LogP contribution is 2.33. The van der Waals surface area contributed by atoms with Gasteiger partial charge >= 0.3 is 0 Å². The predicted molar refractivity (Wildman–Crippen MR) is 102 cm³/mol. The summed E-state index contributed by atoms with van der Waals surface area (Å²) in [6.07, 6.45) is 3.48. The van der Waals surface area contributed by atoms with Gasteiger partial charge in [-0.05, 0) is 68.1 Å². The molecule has 0 aliphatic carbocycles. The van der Waals surface area contributed by atoms with Crippen LogP contribution in [0.25, 0.3) is 11.1 Å². The molecule has 0 saturated carbocycles. The number of anilines is 2. The number of benzene rings is 2. The van der Waals surface area contributed by atoms with E-state index in [1.807, 2.05) is 18.2 Å². The average Bonchev–Trinajstić information content (AvgIpc) is 2.54. The highest BCUT2D eigenvalue weighted by Gasteiger charge is 2.12. The second kappa shape index (κ2) is 7.77. The maximum atomic E-state index is 10.7. The van der Waals surface area contributed by atoms with Crippen molar-refractivity contribution in [3.63, 3.8) is 0 Å². The summed E-state index contributed by atoms with van der Waals surface area (Å²) in [7, 11) is 0. The summed E-state index contributed by atoms with van der Waals surface area (Å²) in [5, 5.41) is 11.0. The highest BCUT2D eigenvalue weighted by atomic mass is 16.1. The Morgan fingerprint density at radius 1 is 1.25 bits per heavy atom. The van der Waals surface area contributed by atoms with Gasteiger partial charge in [-0.2, -0.15) is 0 Å². The standard InChI is InChI=1S/C20H25N3O/c1-13(2)23-20-9-14(3)15(5-4-8-24)11-18(20)16-6-7-19(22)17(10-16)12-21/h6-13,21,23H,4-5,22H2,1-3H3. The molecule has 0 heterocycles. The molecule has 0 fully saturated rings. The normalized spacial score (nSPS) is 10.7. The lowest BCUT2D eigenvalue weighted by molar-refractivity contribution is -0.107. The van der Waals surface area contributed by atoms with Crippen molar-refractivity contribution in [1.82, 2.24) is 0 Å². The van der Waals surface area contributed by atoms with E-state index in [1.165, 1.54) is 17.3 Å². The molecule has 4 nitrogen and oxygen atoms in total. The van der Waals surface area contributed by atoms with Crippen LogP contribution in [0.2, 0.25) is 0 Å². The van der Waals surface area contributed by atoms with Gasteiger partial charge in [0.1, 0.15) is 6.29 Å². The number of aryl methyl sites for hydroxylation is 2. The maximum Gasteiger partial charge on any atom is 0.120 e. The minimum atomic E-state index is 0.306. The first kappa shape index (κ1) is 17.7. The van der Waals surface area contributed by atoms with Gasteiger partial charge in [-0.15, -0.1) is 0 Å². The zero-order valence-electron chi connectivity index (χ0n) is 14.5. The van der Waals surface area contributed by atoms with Gasteiger partial charge in [0.25, 0.3) is 0 Å². The second-order valence-electron chi connectivity index (χ2n) is 6.32. The zero-order valence-corrected chi connectivity index (χ0v) is 14.5. The summed E-state index contributed by atoms with van der Waals surface area (Å²) in [6, 6.07) is 10.3. The van der Waals surface area contributed by atoms with Gasteiger partial charge in [0.2, 0.25) is 0 Å². The molecule has 0 saturated heterocycles. The Bertz CT molecular complexity index is 751. The lowest BCUT2D eigenvalue weighted by atomic mass is 9.94. The van der Waals surface area contributed by atoms with Gasteiger partial charge in [-0.1, -0.05) is 6.07 Å². The number of nitrogens with one attached hydrogen (secondary N) is 2. The van der Waals surface area contributed by atoms with Gasteiger partial charge in [-0.25, -0.2) is 0 Å². The number of carbonyl (C=O) groups excluding carboxylic acids is 1. The van der Waals surface area contributed by atoms with Crippen molar-refractivity contribution in [2.75, 3.05) is 11.1 Å². The van der Waals surface area contributed by atoms with E-state index in [0.29, 0.717) is 23.7 Å². The summed E-state index contributed by atoms with van der Waals surface area (Å²) in [5.41, 5.74) is 12.7. The molecule has 0 unspecified atom stereocenters. The van der Waals surface area contributed by atoms with Crippen molar-refractivity contribution in [2.45, 2.75) is 39.7 Å². The Morgan fingerprint density at radius 3 is 2.62 bits per heavy atom. The Kier molecular flexibility index (Phi) is 5.74. The third-order valence-corrected chi connectivity index (χ3v) is 4.01. The average molecular weight is 323 g/mol. The molecule has 0 aliphatic heterocycles. The van der Waals surface area contributed by atoms with Crippen molar-refractivity contribution in [1.29, 1.82) is 5.41 Å². The summed E-state index contributed by atoms with van der Waals surface area (Å²) in [5.74, 6) is 0. The van der Waals surface area contributed by atoms with Gasteiger partial charge in [0, 0.05) is 41.2 Å². The maximum absolute atomic E-state index is 10.7. The van der Waals surface area contributed by atoms with Crippen LogP contribution in [-0.4, -0.2) is 18.5 Å². The molecule has 4 N–H and O–H groups in total. The van der Waals surface area contributed by atoms with Crippen LogP contribution in [0.3, 0.4) is 0 Å². The van der Waals surface area contributed by atoms with Gasteiger partial charge in [-0.3, -0.25) is 0 Å². The smallest absolute Gasteiger partial charge is 0.120 e. The summed E-state index contributed by atoms with van der Waals surface area (Å²) in [6.45, 7) is 6.28. The van der Waals surface area contributed by atoms with Crippen molar-refractivity contribution in [2.24, 2.45) is 0 Å². The number of hydrogen-bond acceptors (Lipinski definition) is 4. The summed E-state index contributed by atoms with van der Waals surface area (Å²) < 4.78 is 0. The molecule has 2 aromatic rings. The molecule has 0 aliphatic rings. The number of hydrogen-bond donors (Lipinski definition) is 3. The Morgan fingerprint density at radius 2 is 2.00 bits per heavy atom.